The summed E-state index contributed by atoms with van der Waals surface area (Å²) >= 11 is 0. The molecule has 1 atom stereocenters. The number of nitrogens with one attached hydrogen (secondary N) is 2. The van der Waals surface area contributed by atoms with Crippen molar-refractivity contribution in [3.05, 3.63) is 83.2 Å². The van der Waals surface area contributed by atoms with E-state index in [4.69, 9.17) is 5.10 Å². The monoisotopic (exact) mass is 442 g/mol. The van der Waals surface area contributed by atoms with Gasteiger partial charge in [0.1, 0.15) is 6.04 Å². The van der Waals surface area contributed by atoms with Gasteiger partial charge in [0.15, 0.2) is 5.69 Å². The van der Waals surface area contributed by atoms with E-state index < -0.39 is 6.04 Å². The van der Waals surface area contributed by atoms with Gasteiger partial charge in [-0.2, -0.15) is 5.10 Å². The molecule has 0 saturated heterocycles. The Kier molecular flexibility index (Phi) is 6.24. The average Bonchev–Trinajstić information content (AvgIpc) is 3.63. The van der Waals surface area contributed by atoms with E-state index in [1.54, 1.807) is 0 Å². The standard InChI is InChI=1S/C27H30N4O2/c32-26(28-20-16-17-20)23(18-19-10-4-1-5-11-19)29-27(33)25-22-14-8-3-9-15-24(22)31(30-25)21-12-6-2-7-13-21/h1-2,4-7,10-13,20,23H,3,8-9,14-18H2,(H,28,32)(H,29,33). The summed E-state index contributed by atoms with van der Waals surface area (Å²) < 4.78 is 1.92. The Labute approximate surface area is 194 Å². The van der Waals surface area contributed by atoms with Gasteiger partial charge in [-0.15, -0.1) is 0 Å². The maximum atomic E-state index is 13.5. The van der Waals surface area contributed by atoms with Crippen molar-refractivity contribution in [2.45, 2.75) is 63.5 Å². The molecule has 0 spiro atoms. The summed E-state index contributed by atoms with van der Waals surface area (Å²) in [5.74, 6) is -0.391. The molecule has 1 aromatic heterocycles. The fraction of sp³-hybridized carbons (Fsp3) is 0.370. The van der Waals surface area contributed by atoms with E-state index in [0.717, 1.165) is 67.5 Å². The highest BCUT2D eigenvalue weighted by atomic mass is 16.2. The van der Waals surface area contributed by atoms with Crippen molar-refractivity contribution >= 4 is 11.8 Å². The zero-order valence-corrected chi connectivity index (χ0v) is 18.8. The van der Waals surface area contributed by atoms with Crippen LogP contribution < -0.4 is 10.6 Å². The molecule has 0 aliphatic heterocycles. The van der Waals surface area contributed by atoms with Gasteiger partial charge in [-0.3, -0.25) is 9.59 Å². The number of carbonyl (C=O) groups excluding carboxylic acids is 2. The summed E-state index contributed by atoms with van der Waals surface area (Å²) in [4.78, 5) is 26.5. The number of rotatable bonds is 7. The van der Waals surface area contributed by atoms with Gasteiger partial charge in [-0.05, 0) is 56.2 Å². The minimum Gasteiger partial charge on any atom is -0.352 e. The lowest BCUT2D eigenvalue weighted by molar-refractivity contribution is -0.123. The second kappa shape index (κ2) is 9.61. The van der Waals surface area contributed by atoms with E-state index in [-0.39, 0.29) is 17.9 Å². The van der Waals surface area contributed by atoms with Gasteiger partial charge in [-0.1, -0.05) is 55.0 Å². The molecule has 6 heteroatoms. The normalized spacial score (nSPS) is 16.4. The molecule has 2 aliphatic carbocycles. The highest BCUT2D eigenvalue weighted by molar-refractivity contribution is 5.97. The highest BCUT2D eigenvalue weighted by Gasteiger charge is 2.31. The van der Waals surface area contributed by atoms with E-state index in [2.05, 4.69) is 10.6 Å². The fourth-order valence-corrected chi connectivity index (χ4v) is 4.56. The molecule has 0 bridgehead atoms. The second-order valence-corrected chi connectivity index (χ2v) is 9.08. The van der Waals surface area contributed by atoms with Crippen LogP contribution in [0.25, 0.3) is 5.69 Å². The smallest absolute Gasteiger partial charge is 0.272 e. The van der Waals surface area contributed by atoms with Crippen LogP contribution in [-0.2, 0) is 24.1 Å². The number of hydrogen-bond donors (Lipinski definition) is 2. The predicted octanol–water partition coefficient (Wildman–Crippen LogP) is 3.76. The van der Waals surface area contributed by atoms with Crippen LogP contribution in [0.4, 0.5) is 0 Å². The summed E-state index contributed by atoms with van der Waals surface area (Å²) in [6.45, 7) is 0. The number of para-hydroxylation sites is 1. The molecule has 33 heavy (non-hydrogen) atoms. The first-order valence-electron chi connectivity index (χ1n) is 12.0. The van der Waals surface area contributed by atoms with E-state index in [9.17, 15) is 9.59 Å². The van der Waals surface area contributed by atoms with Crippen molar-refractivity contribution in [3.63, 3.8) is 0 Å². The molecule has 5 rings (SSSR count). The molecule has 2 aliphatic rings. The molecule has 2 N–H and O–H groups in total. The van der Waals surface area contributed by atoms with Crippen LogP contribution in [0.5, 0.6) is 0 Å². The summed E-state index contributed by atoms with van der Waals surface area (Å²) in [7, 11) is 0. The third kappa shape index (κ3) is 5.00. The number of aromatic nitrogens is 2. The van der Waals surface area contributed by atoms with Crippen LogP contribution in [-0.4, -0.2) is 33.7 Å². The van der Waals surface area contributed by atoms with Gasteiger partial charge in [0, 0.05) is 23.7 Å². The SMILES string of the molecule is O=C(NC(Cc1ccccc1)C(=O)NC1CC1)c1nn(-c2ccccc2)c2c1CCCCC2. The lowest BCUT2D eigenvalue weighted by Gasteiger charge is -2.18. The molecule has 0 radical (unpaired) electrons. The van der Waals surface area contributed by atoms with Crippen LogP contribution in [0.15, 0.2) is 60.7 Å². The quantitative estimate of drug-likeness (QED) is 0.547. The third-order valence-electron chi connectivity index (χ3n) is 6.47. The molecule has 6 nitrogen and oxygen atoms in total. The minimum atomic E-state index is -0.635. The number of carbonyl (C=O) groups is 2. The molecule has 3 aromatic rings. The van der Waals surface area contributed by atoms with Crippen LogP contribution in [0.2, 0.25) is 0 Å². The highest BCUT2D eigenvalue weighted by Crippen LogP contribution is 2.26. The van der Waals surface area contributed by atoms with Gasteiger partial charge >= 0.3 is 0 Å². The minimum absolute atomic E-state index is 0.122. The first kappa shape index (κ1) is 21.4. The number of benzene rings is 2. The Morgan fingerprint density at radius 3 is 2.36 bits per heavy atom. The molecule has 170 valence electrons. The lowest BCUT2D eigenvalue weighted by atomic mass is 10.0. The zero-order valence-electron chi connectivity index (χ0n) is 18.8. The van der Waals surface area contributed by atoms with Crippen LogP contribution in [0, 0.1) is 0 Å². The van der Waals surface area contributed by atoms with E-state index in [1.165, 1.54) is 0 Å². The Morgan fingerprint density at radius 1 is 0.939 bits per heavy atom. The van der Waals surface area contributed by atoms with Crippen molar-refractivity contribution in [1.29, 1.82) is 0 Å². The molecule has 2 aromatic carbocycles. The zero-order chi connectivity index (χ0) is 22.6. The van der Waals surface area contributed by atoms with Gasteiger partial charge in [0.2, 0.25) is 5.91 Å². The van der Waals surface area contributed by atoms with Crippen molar-refractivity contribution in [3.8, 4) is 5.69 Å². The molecular formula is C27H30N4O2. The summed E-state index contributed by atoms with van der Waals surface area (Å²) in [6.07, 6.45) is 7.48. The van der Waals surface area contributed by atoms with Crippen LogP contribution >= 0.6 is 0 Å². The molecule has 1 saturated carbocycles. The van der Waals surface area contributed by atoms with Crippen molar-refractivity contribution < 1.29 is 9.59 Å². The number of hydrogen-bond acceptors (Lipinski definition) is 3. The lowest BCUT2D eigenvalue weighted by Crippen LogP contribution is -2.48. The van der Waals surface area contributed by atoms with Gasteiger partial charge in [0.25, 0.3) is 5.91 Å². The third-order valence-corrected chi connectivity index (χ3v) is 6.47. The van der Waals surface area contributed by atoms with Gasteiger partial charge < -0.3 is 10.6 Å². The van der Waals surface area contributed by atoms with Crippen molar-refractivity contribution in [2.75, 3.05) is 0 Å². The first-order chi connectivity index (χ1) is 16.2. The van der Waals surface area contributed by atoms with E-state index >= 15 is 0 Å². The Balaban J connectivity index is 1.44. The van der Waals surface area contributed by atoms with E-state index in [1.807, 2.05) is 65.3 Å². The summed E-state index contributed by atoms with van der Waals surface area (Å²) in [5, 5.41) is 10.8. The summed E-state index contributed by atoms with van der Waals surface area (Å²) in [5.41, 5.74) is 4.57. The Morgan fingerprint density at radius 2 is 1.64 bits per heavy atom. The molecule has 1 fully saturated rings. The number of nitrogens with zero attached hydrogens (tertiary/aromatic N) is 2. The maximum Gasteiger partial charge on any atom is 0.272 e. The molecular weight excluding hydrogens is 412 g/mol. The fourth-order valence-electron chi connectivity index (χ4n) is 4.56. The Hall–Kier alpha value is -3.41. The average molecular weight is 443 g/mol. The maximum absolute atomic E-state index is 13.5. The number of fused-ring (bicyclic) bond motifs is 1. The van der Waals surface area contributed by atoms with Crippen LogP contribution in [0.3, 0.4) is 0 Å². The molecule has 1 unspecified atom stereocenters. The first-order valence-corrected chi connectivity index (χ1v) is 12.0. The van der Waals surface area contributed by atoms with Gasteiger partial charge in [0.05, 0.1) is 5.69 Å². The number of amides is 2. The van der Waals surface area contributed by atoms with Crippen molar-refractivity contribution in [2.24, 2.45) is 0 Å². The molecule has 2 amide bonds. The second-order valence-electron chi connectivity index (χ2n) is 9.08. The van der Waals surface area contributed by atoms with Gasteiger partial charge in [-0.25, -0.2) is 4.68 Å². The molecule has 1 heterocycles. The Bertz CT molecular complexity index is 1120. The van der Waals surface area contributed by atoms with Crippen LogP contribution in [0.1, 0.15) is 59.4 Å². The van der Waals surface area contributed by atoms with Crippen molar-refractivity contribution in [1.82, 2.24) is 20.4 Å². The predicted molar refractivity (Wildman–Crippen MR) is 127 cm³/mol. The van der Waals surface area contributed by atoms with E-state index in [0.29, 0.717) is 12.1 Å². The largest absolute Gasteiger partial charge is 0.352 e. The summed E-state index contributed by atoms with van der Waals surface area (Å²) in [6, 6.07) is 19.4. The topological polar surface area (TPSA) is 76.0 Å².